The van der Waals surface area contributed by atoms with Gasteiger partial charge in [0.2, 0.25) is 0 Å². The Labute approximate surface area is 169 Å². The monoisotopic (exact) mass is 386 g/mol. The molecule has 0 aliphatic carbocycles. The maximum Gasteiger partial charge on any atom is 0.145 e. The predicted octanol–water partition coefficient (Wildman–Crippen LogP) is 5.99. The lowest BCUT2D eigenvalue weighted by molar-refractivity contribution is -0.105. The van der Waals surface area contributed by atoms with Gasteiger partial charge in [-0.2, -0.15) is 0 Å². The van der Waals surface area contributed by atoms with Crippen LogP contribution in [0.1, 0.15) is 58.1 Å². The standard InChI is InChI=1S/C24H34O4/c1-18(2)9-7-10-19(3)11-8-12-20(17-25)15-24(28-6)22-16-21(26-4)13-14-23(22)27-5/h9,11,13-17,24H,7-8,10,12H2,1-6H3/b19-11+,20-15-. The summed E-state index contributed by atoms with van der Waals surface area (Å²) in [6.45, 7) is 6.37. The minimum atomic E-state index is -0.381. The molecule has 0 N–H and O–H groups in total. The van der Waals surface area contributed by atoms with Gasteiger partial charge in [0, 0.05) is 12.7 Å². The van der Waals surface area contributed by atoms with E-state index < -0.39 is 0 Å². The van der Waals surface area contributed by atoms with E-state index in [0.29, 0.717) is 23.5 Å². The molecule has 154 valence electrons. The first-order valence-electron chi connectivity index (χ1n) is 9.64. The summed E-state index contributed by atoms with van der Waals surface area (Å²) in [4.78, 5) is 11.6. The summed E-state index contributed by atoms with van der Waals surface area (Å²) in [5.74, 6) is 1.41. The maximum absolute atomic E-state index is 11.6. The van der Waals surface area contributed by atoms with E-state index in [-0.39, 0.29) is 6.10 Å². The van der Waals surface area contributed by atoms with Gasteiger partial charge in [-0.15, -0.1) is 0 Å². The second kappa shape index (κ2) is 12.9. The molecule has 4 heteroatoms. The molecular weight excluding hydrogens is 352 g/mol. The van der Waals surface area contributed by atoms with Gasteiger partial charge in [0.1, 0.15) is 23.9 Å². The van der Waals surface area contributed by atoms with Crippen LogP contribution in [-0.4, -0.2) is 27.6 Å². The highest BCUT2D eigenvalue weighted by Crippen LogP contribution is 2.32. The minimum Gasteiger partial charge on any atom is -0.497 e. The third kappa shape index (κ3) is 8.13. The number of rotatable bonds is 12. The third-order valence-electron chi connectivity index (χ3n) is 4.53. The van der Waals surface area contributed by atoms with Crippen LogP contribution < -0.4 is 9.47 Å². The van der Waals surface area contributed by atoms with E-state index in [1.54, 1.807) is 21.3 Å². The van der Waals surface area contributed by atoms with Crippen molar-refractivity contribution in [3.63, 3.8) is 0 Å². The van der Waals surface area contributed by atoms with Gasteiger partial charge in [-0.05, 0) is 76.3 Å². The van der Waals surface area contributed by atoms with Crippen molar-refractivity contribution in [1.82, 2.24) is 0 Å². The molecule has 1 unspecified atom stereocenters. The Kier molecular flexibility index (Phi) is 11.0. The fourth-order valence-corrected chi connectivity index (χ4v) is 2.90. The molecular formula is C24H34O4. The fraction of sp³-hybridized carbons (Fsp3) is 0.458. The van der Waals surface area contributed by atoms with Crippen LogP contribution in [0, 0.1) is 0 Å². The normalized spacial score (nSPS) is 13.1. The number of hydrogen-bond acceptors (Lipinski definition) is 4. The molecule has 1 atom stereocenters. The van der Waals surface area contributed by atoms with Crippen molar-refractivity contribution in [3.8, 4) is 11.5 Å². The Hall–Kier alpha value is -2.33. The highest BCUT2D eigenvalue weighted by Gasteiger charge is 2.15. The van der Waals surface area contributed by atoms with Crippen molar-refractivity contribution in [2.75, 3.05) is 21.3 Å². The molecule has 0 saturated carbocycles. The van der Waals surface area contributed by atoms with Crippen molar-refractivity contribution in [2.24, 2.45) is 0 Å². The summed E-state index contributed by atoms with van der Waals surface area (Å²) in [7, 11) is 4.85. The summed E-state index contributed by atoms with van der Waals surface area (Å²) < 4.78 is 16.4. The Morgan fingerprint density at radius 3 is 2.29 bits per heavy atom. The zero-order valence-corrected chi connectivity index (χ0v) is 18.1. The lowest BCUT2D eigenvalue weighted by Gasteiger charge is -2.17. The molecule has 28 heavy (non-hydrogen) atoms. The summed E-state index contributed by atoms with van der Waals surface area (Å²) in [6.07, 6.45) is 10.5. The molecule has 0 aliphatic rings. The number of aldehydes is 1. The molecule has 0 spiro atoms. The van der Waals surface area contributed by atoms with Crippen LogP contribution in [0.25, 0.3) is 0 Å². The molecule has 1 aromatic rings. The zero-order valence-electron chi connectivity index (χ0n) is 18.1. The highest BCUT2D eigenvalue weighted by molar-refractivity contribution is 5.73. The average Bonchev–Trinajstić information content (AvgIpc) is 2.69. The van der Waals surface area contributed by atoms with Gasteiger partial charge in [0.05, 0.1) is 14.2 Å². The van der Waals surface area contributed by atoms with E-state index in [4.69, 9.17) is 14.2 Å². The number of hydrogen-bond donors (Lipinski definition) is 0. The van der Waals surface area contributed by atoms with Crippen LogP contribution in [0.15, 0.2) is 53.1 Å². The van der Waals surface area contributed by atoms with Gasteiger partial charge in [0.25, 0.3) is 0 Å². The number of carbonyl (C=O) groups excluding carboxylic acids is 1. The largest absolute Gasteiger partial charge is 0.497 e. The van der Waals surface area contributed by atoms with Gasteiger partial charge in [-0.1, -0.05) is 23.3 Å². The van der Waals surface area contributed by atoms with Crippen molar-refractivity contribution < 1.29 is 19.0 Å². The Morgan fingerprint density at radius 2 is 1.71 bits per heavy atom. The zero-order chi connectivity index (χ0) is 20.9. The van der Waals surface area contributed by atoms with Crippen molar-refractivity contribution in [2.45, 2.75) is 52.6 Å². The Morgan fingerprint density at radius 1 is 1.00 bits per heavy atom. The molecule has 0 heterocycles. The highest BCUT2D eigenvalue weighted by atomic mass is 16.5. The quantitative estimate of drug-likeness (QED) is 0.251. The van der Waals surface area contributed by atoms with E-state index in [1.807, 2.05) is 24.3 Å². The molecule has 4 nitrogen and oxygen atoms in total. The van der Waals surface area contributed by atoms with Crippen LogP contribution in [0.3, 0.4) is 0 Å². The Bertz CT molecular complexity index is 709. The van der Waals surface area contributed by atoms with Gasteiger partial charge in [0.15, 0.2) is 0 Å². The van der Waals surface area contributed by atoms with E-state index in [9.17, 15) is 4.79 Å². The van der Waals surface area contributed by atoms with E-state index in [0.717, 1.165) is 31.1 Å². The van der Waals surface area contributed by atoms with Gasteiger partial charge < -0.3 is 14.2 Å². The molecule has 0 amide bonds. The van der Waals surface area contributed by atoms with E-state index >= 15 is 0 Å². The first-order chi connectivity index (χ1) is 13.4. The number of allylic oxidation sites excluding steroid dienone is 5. The van der Waals surface area contributed by atoms with E-state index in [1.165, 1.54) is 11.1 Å². The molecule has 0 radical (unpaired) electrons. The molecule has 0 bridgehead atoms. The van der Waals surface area contributed by atoms with Crippen LogP contribution in [0.2, 0.25) is 0 Å². The first kappa shape index (κ1) is 23.7. The predicted molar refractivity (Wildman–Crippen MR) is 115 cm³/mol. The van der Waals surface area contributed by atoms with Crippen LogP contribution in [0.4, 0.5) is 0 Å². The molecule has 1 aromatic carbocycles. The summed E-state index contributed by atoms with van der Waals surface area (Å²) >= 11 is 0. The topological polar surface area (TPSA) is 44.8 Å². The lowest BCUT2D eigenvalue weighted by Crippen LogP contribution is -2.03. The minimum absolute atomic E-state index is 0.381. The van der Waals surface area contributed by atoms with Crippen LogP contribution >= 0.6 is 0 Å². The van der Waals surface area contributed by atoms with Crippen LogP contribution in [0.5, 0.6) is 11.5 Å². The molecule has 0 aromatic heterocycles. The maximum atomic E-state index is 11.6. The van der Waals surface area contributed by atoms with Gasteiger partial charge in [-0.3, -0.25) is 4.79 Å². The smallest absolute Gasteiger partial charge is 0.145 e. The second-order valence-electron chi connectivity index (χ2n) is 7.03. The third-order valence-corrected chi connectivity index (χ3v) is 4.53. The summed E-state index contributed by atoms with van der Waals surface area (Å²) in [5.41, 5.74) is 4.24. The van der Waals surface area contributed by atoms with Crippen LogP contribution in [-0.2, 0) is 9.53 Å². The van der Waals surface area contributed by atoms with E-state index in [2.05, 4.69) is 32.9 Å². The summed E-state index contributed by atoms with van der Waals surface area (Å²) in [6, 6.07) is 5.55. The lowest BCUT2D eigenvalue weighted by atomic mass is 10.0. The van der Waals surface area contributed by atoms with Gasteiger partial charge >= 0.3 is 0 Å². The molecule has 1 rings (SSSR count). The molecule has 0 aliphatic heterocycles. The number of ether oxygens (including phenoxy) is 3. The number of benzene rings is 1. The average molecular weight is 387 g/mol. The van der Waals surface area contributed by atoms with Crippen molar-refractivity contribution >= 4 is 6.29 Å². The molecule has 0 fully saturated rings. The second-order valence-corrected chi connectivity index (χ2v) is 7.03. The number of methoxy groups -OCH3 is 3. The summed E-state index contributed by atoms with van der Waals surface area (Å²) in [5, 5.41) is 0. The van der Waals surface area contributed by atoms with Gasteiger partial charge in [-0.25, -0.2) is 0 Å². The molecule has 0 saturated heterocycles. The first-order valence-corrected chi connectivity index (χ1v) is 9.64. The Balaban J connectivity index is 2.86. The van der Waals surface area contributed by atoms with Crippen molar-refractivity contribution in [3.05, 3.63) is 58.7 Å². The number of carbonyl (C=O) groups is 1. The SMILES string of the molecule is COc1ccc(OC)c(C(/C=C(\C=O)CC/C=C(\C)CCC=C(C)C)OC)c1. The fourth-order valence-electron chi connectivity index (χ4n) is 2.90. The van der Waals surface area contributed by atoms with Crippen molar-refractivity contribution in [1.29, 1.82) is 0 Å².